The summed E-state index contributed by atoms with van der Waals surface area (Å²) in [5.74, 6) is -1.06. The maximum absolute atomic E-state index is 13.2. The SMILES string of the molecule is C/C=C(C)\C(NC(=O)C[N+]1(CC(=O)Nc2ccoc2)CCC(C)(C)CC1)=C(/C)C(=O)OCCO. The summed E-state index contributed by atoms with van der Waals surface area (Å²) in [6, 6.07) is 1.67. The van der Waals surface area contributed by atoms with Gasteiger partial charge in [-0.2, -0.15) is 0 Å². The summed E-state index contributed by atoms with van der Waals surface area (Å²) in [6.07, 6.45) is 6.53. The number of anilines is 1. The third-order valence-corrected chi connectivity index (χ3v) is 6.39. The molecule has 2 rings (SSSR count). The number of allylic oxidation sites excluding steroid dienone is 2. The van der Waals surface area contributed by atoms with E-state index >= 15 is 0 Å². The van der Waals surface area contributed by atoms with Crippen molar-refractivity contribution in [3.63, 3.8) is 0 Å². The van der Waals surface area contributed by atoms with Crippen LogP contribution in [-0.4, -0.2) is 66.8 Å². The van der Waals surface area contributed by atoms with Crippen LogP contribution in [0.2, 0.25) is 0 Å². The lowest BCUT2D eigenvalue weighted by molar-refractivity contribution is -0.920. The Bertz CT molecular complexity index is 920. The van der Waals surface area contributed by atoms with E-state index < -0.39 is 5.97 Å². The summed E-state index contributed by atoms with van der Waals surface area (Å²) in [5, 5.41) is 14.6. The Morgan fingerprint density at radius 2 is 1.82 bits per heavy atom. The molecule has 1 aliphatic heterocycles. The van der Waals surface area contributed by atoms with E-state index in [-0.39, 0.29) is 49.1 Å². The van der Waals surface area contributed by atoms with Crippen LogP contribution in [0.3, 0.4) is 0 Å². The van der Waals surface area contributed by atoms with Gasteiger partial charge in [-0.1, -0.05) is 19.9 Å². The number of piperidine rings is 1. The second kappa shape index (κ2) is 12.0. The zero-order valence-electron chi connectivity index (χ0n) is 20.9. The number of carbonyl (C=O) groups is 3. The maximum Gasteiger partial charge on any atom is 0.335 e. The lowest BCUT2D eigenvalue weighted by atomic mass is 9.81. The fourth-order valence-corrected chi connectivity index (χ4v) is 3.99. The summed E-state index contributed by atoms with van der Waals surface area (Å²) in [7, 11) is 0. The van der Waals surface area contributed by atoms with Gasteiger partial charge in [-0.05, 0) is 37.8 Å². The fraction of sp³-hybridized carbons (Fsp3) is 0.560. The molecule has 0 aromatic carbocycles. The molecule has 9 heteroatoms. The molecule has 0 aliphatic carbocycles. The van der Waals surface area contributed by atoms with E-state index in [1.165, 1.54) is 12.5 Å². The van der Waals surface area contributed by atoms with E-state index in [0.29, 0.717) is 29.0 Å². The minimum atomic E-state index is -0.603. The zero-order chi connectivity index (χ0) is 25.4. The topological polar surface area (TPSA) is 118 Å². The van der Waals surface area contributed by atoms with E-state index in [2.05, 4.69) is 24.5 Å². The standard InChI is InChI=1S/C25H37N3O6/c1-6-18(2)23(19(3)24(32)34-14-12-29)27-22(31)16-28(10-8-25(4,5)9-11-28)15-21(30)26-20-7-13-33-17-20/h6-7,13,17,29H,8-12,14-16H2,1-5H3,(H-,26,27,30,31,32)/p+1/b18-6-. The Labute approximate surface area is 201 Å². The summed E-state index contributed by atoms with van der Waals surface area (Å²) in [4.78, 5) is 38.4. The minimum Gasteiger partial charge on any atom is -0.470 e. The highest BCUT2D eigenvalue weighted by Crippen LogP contribution is 2.33. The van der Waals surface area contributed by atoms with E-state index in [9.17, 15) is 14.4 Å². The Kier molecular flexibility index (Phi) is 9.64. The number of hydrogen-bond acceptors (Lipinski definition) is 6. The molecule has 1 aromatic heterocycles. The van der Waals surface area contributed by atoms with Crippen molar-refractivity contribution in [1.82, 2.24) is 5.32 Å². The van der Waals surface area contributed by atoms with E-state index in [1.54, 1.807) is 26.0 Å². The first-order chi connectivity index (χ1) is 16.0. The third-order valence-electron chi connectivity index (χ3n) is 6.39. The van der Waals surface area contributed by atoms with Gasteiger partial charge in [0.2, 0.25) is 0 Å². The minimum absolute atomic E-state index is 0.106. The van der Waals surface area contributed by atoms with Crippen molar-refractivity contribution < 1.29 is 33.1 Å². The summed E-state index contributed by atoms with van der Waals surface area (Å²) in [6.45, 7) is 10.8. The molecule has 3 N–H and O–H groups in total. The highest BCUT2D eigenvalue weighted by molar-refractivity contribution is 5.92. The van der Waals surface area contributed by atoms with E-state index in [0.717, 1.165) is 18.4 Å². The van der Waals surface area contributed by atoms with E-state index in [1.807, 2.05) is 6.92 Å². The summed E-state index contributed by atoms with van der Waals surface area (Å²) in [5.41, 5.74) is 2.08. The highest BCUT2D eigenvalue weighted by Gasteiger charge is 2.40. The number of hydrogen-bond donors (Lipinski definition) is 3. The van der Waals surface area contributed by atoms with Crippen molar-refractivity contribution in [2.75, 3.05) is 44.7 Å². The largest absolute Gasteiger partial charge is 0.470 e. The van der Waals surface area contributed by atoms with Crippen LogP contribution in [0.15, 0.2) is 45.9 Å². The first-order valence-electron chi connectivity index (χ1n) is 11.6. The predicted octanol–water partition coefficient (Wildman–Crippen LogP) is 2.75. The smallest absolute Gasteiger partial charge is 0.335 e. The lowest BCUT2D eigenvalue weighted by Gasteiger charge is -2.45. The Hall–Kier alpha value is -2.91. The molecule has 0 radical (unpaired) electrons. The molecule has 9 nitrogen and oxygen atoms in total. The average Bonchev–Trinajstić information content (AvgIpc) is 3.29. The van der Waals surface area contributed by atoms with Gasteiger partial charge in [-0.3, -0.25) is 9.59 Å². The molecule has 1 fully saturated rings. The number of carbonyl (C=O) groups excluding carboxylic acids is 3. The van der Waals surface area contributed by atoms with Crippen molar-refractivity contribution in [1.29, 1.82) is 0 Å². The van der Waals surface area contributed by atoms with E-state index in [4.69, 9.17) is 14.3 Å². The number of esters is 1. The number of rotatable bonds is 10. The Morgan fingerprint density at radius 3 is 2.38 bits per heavy atom. The summed E-state index contributed by atoms with van der Waals surface area (Å²) >= 11 is 0. The van der Waals surface area contributed by atoms with Crippen LogP contribution >= 0.6 is 0 Å². The quantitative estimate of drug-likeness (QED) is 0.207. The van der Waals surface area contributed by atoms with Crippen LogP contribution < -0.4 is 10.6 Å². The van der Waals surface area contributed by atoms with Crippen molar-refractivity contribution in [3.05, 3.63) is 41.5 Å². The average molecular weight is 477 g/mol. The molecule has 1 saturated heterocycles. The number of aliphatic hydroxyl groups is 1. The first kappa shape index (κ1) is 27.3. The molecule has 0 unspecified atom stereocenters. The summed E-state index contributed by atoms with van der Waals surface area (Å²) < 4.78 is 10.4. The molecule has 188 valence electrons. The number of likely N-dealkylation sites (tertiary alicyclic amines) is 1. The number of ether oxygens (including phenoxy) is 1. The number of quaternary nitrogens is 1. The van der Waals surface area contributed by atoms with Gasteiger partial charge in [-0.15, -0.1) is 0 Å². The number of amides is 2. The molecule has 34 heavy (non-hydrogen) atoms. The molecule has 0 atom stereocenters. The van der Waals surface area contributed by atoms with Crippen LogP contribution in [-0.2, 0) is 19.1 Å². The number of nitrogens with zero attached hydrogens (tertiary/aromatic N) is 1. The second-order valence-corrected chi connectivity index (χ2v) is 9.71. The van der Waals surface area contributed by atoms with Gasteiger partial charge in [0.1, 0.15) is 12.9 Å². The number of nitrogens with one attached hydrogen (secondary N) is 2. The maximum atomic E-state index is 13.2. The van der Waals surface area contributed by atoms with Gasteiger partial charge in [0, 0.05) is 12.8 Å². The van der Waals surface area contributed by atoms with Gasteiger partial charge < -0.3 is 29.4 Å². The zero-order valence-corrected chi connectivity index (χ0v) is 20.9. The molecule has 1 aromatic rings. The monoisotopic (exact) mass is 476 g/mol. The molecule has 2 heterocycles. The molecular formula is C25H38N3O6+. The Morgan fingerprint density at radius 1 is 1.18 bits per heavy atom. The molecule has 0 spiro atoms. The van der Waals surface area contributed by atoms with Gasteiger partial charge in [-0.25, -0.2) is 4.79 Å². The van der Waals surface area contributed by atoms with Crippen LogP contribution in [0.25, 0.3) is 0 Å². The van der Waals surface area contributed by atoms with Crippen molar-refractivity contribution >= 4 is 23.5 Å². The first-order valence-corrected chi connectivity index (χ1v) is 11.6. The van der Waals surface area contributed by atoms with Crippen molar-refractivity contribution in [3.8, 4) is 0 Å². The Balaban J connectivity index is 2.20. The van der Waals surface area contributed by atoms with Gasteiger partial charge in [0.25, 0.3) is 11.8 Å². The molecule has 0 saturated carbocycles. The highest BCUT2D eigenvalue weighted by atomic mass is 16.5. The number of furan rings is 1. The van der Waals surface area contributed by atoms with Crippen molar-refractivity contribution in [2.45, 2.75) is 47.5 Å². The molecule has 0 bridgehead atoms. The van der Waals surface area contributed by atoms with Gasteiger partial charge >= 0.3 is 5.97 Å². The van der Waals surface area contributed by atoms with Crippen LogP contribution in [0.5, 0.6) is 0 Å². The van der Waals surface area contributed by atoms with Gasteiger partial charge in [0.05, 0.1) is 42.9 Å². The second-order valence-electron chi connectivity index (χ2n) is 9.71. The predicted molar refractivity (Wildman–Crippen MR) is 128 cm³/mol. The number of aliphatic hydroxyl groups excluding tert-OH is 1. The molecule has 1 aliphatic rings. The lowest BCUT2D eigenvalue weighted by Crippen LogP contribution is -2.60. The fourth-order valence-electron chi connectivity index (χ4n) is 3.99. The van der Waals surface area contributed by atoms with Crippen LogP contribution in [0.1, 0.15) is 47.5 Å². The molecular weight excluding hydrogens is 438 g/mol. The normalized spacial score (nSPS) is 18.0. The third kappa shape index (κ3) is 7.85. The van der Waals surface area contributed by atoms with Gasteiger partial charge in [0.15, 0.2) is 13.1 Å². The van der Waals surface area contributed by atoms with Crippen molar-refractivity contribution in [2.24, 2.45) is 5.41 Å². The van der Waals surface area contributed by atoms with Crippen LogP contribution in [0, 0.1) is 5.41 Å². The molecule has 2 amide bonds. The van der Waals surface area contributed by atoms with Crippen LogP contribution in [0.4, 0.5) is 5.69 Å².